The fourth-order valence-corrected chi connectivity index (χ4v) is 4.28. The first-order valence-corrected chi connectivity index (χ1v) is 10.6. The van der Waals surface area contributed by atoms with E-state index in [4.69, 9.17) is 11.6 Å². The number of carbonyl (C=O) groups excluding carboxylic acids is 1. The molecule has 1 N–H and O–H groups in total. The molecule has 1 rings (SSSR count). The lowest BCUT2D eigenvalue weighted by atomic mass is 10.2. The van der Waals surface area contributed by atoms with Gasteiger partial charge in [0.25, 0.3) is 11.3 Å². The van der Waals surface area contributed by atoms with Crippen molar-refractivity contribution in [2.24, 2.45) is 0 Å². The van der Waals surface area contributed by atoms with Crippen LogP contribution in [0.25, 0.3) is 0 Å². The predicted octanol–water partition coefficient (Wildman–Crippen LogP) is 2.67. The lowest BCUT2D eigenvalue weighted by Gasteiger charge is -2.23. The Kier molecular flexibility index (Phi) is 8.99. The average Bonchev–Trinajstić information content (AvgIpc) is 2.61. The molecule has 0 fully saturated rings. The Morgan fingerprint density at radius 1 is 1.44 bits per heavy atom. The minimum atomic E-state index is -4.25. The summed E-state index contributed by atoms with van der Waals surface area (Å²) in [6.07, 6.45) is -1.10. The van der Waals surface area contributed by atoms with Gasteiger partial charge < -0.3 is 4.74 Å². The Morgan fingerprint density at radius 2 is 2.07 bits per heavy atom. The molecule has 27 heavy (non-hydrogen) atoms. The minimum Gasteiger partial charge on any atom is -0.465 e. The van der Waals surface area contributed by atoms with Crippen LogP contribution in [0.4, 0.5) is 18.9 Å². The molecule has 0 heterocycles. The zero-order chi connectivity index (χ0) is 20.8. The number of methoxy groups -OCH3 is 1. The van der Waals surface area contributed by atoms with Gasteiger partial charge in [-0.3, -0.25) is 13.2 Å². The number of nitrogens with zero attached hydrogens (tertiary/aromatic N) is 1. The second-order valence-electron chi connectivity index (χ2n) is 5.19. The number of halogens is 4. The lowest BCUT2D eigenvalue weighted by Crippen LogP contribution is -2.31. The average molecular weight is 452 g/mol. The molecule has 0 bridgehead atoms. The molecule has 0 radical (unpaired) electrons. The number of carbonyl (C=O) groups is 1. The largest absolute Gasteiger partial charge is 0.465 e. The summed E-state index contributed by atoms with van der Waals surface area (Å²) in [6.45, 7) is -1.54. The molecule has 13 heteroatoms. The van der Waals surface area contributed by atoms with Gasteiger partial charge in [-0.05, 0) is 18.6 Å². The van der Waals surface area contributed by atoms with Crippen LogP contribution in [0.15, 0.2) is 12.1 Å². The van der Waals surface area contributed by atoms with Crippen LogP contribution in [-0.2, 0) is 25.8 Å². The first-order chi connectivity index (χ1) is 12.6. The number of benzene rings is 1. The van der Waals surface area contributed by atoms with E-state index >= 15 is 0 Å². The highest BCUT2D eigenvalue weighted by Crippen LogP contribution is 2.33. The highest BCUT2D eigenvalue weighted by molar-refractivity contribution is 7.91. The second kappa shape index (κ2) is 10.2. The van der Waals surface area contributed by atoms with E-state index in [2.05, 4.69) is 4.74 Å². The summed E-state index contributed by atoms with van der Waals surface area (Å²) in [7, 11) is -3.27. The first kappa shape index (κ1) is 23.7. The van der Waals surface area contributed by atoms with Crippen LogP contribution < -0.4 is 4.31 Å². The fourth-order valence-electron chi connectivity index (χ4n) is 2.09. The molecule has 0 aliphatic heterocycles. The van der Waals surface area contributed by atoms with Crippen molar-refractivity contribution in [1.82, 2.24) is 0 Å². The maximum Gasteiger partial charge on any atom is 0.342 e. The Balaban J connectivity index is 3.11. The number of hydrogen-bond acceptors (Lipinski definition) is 5. The molecule has 2 unspecified atom stereocenters. The van der Waals surface area contributed by atoms with Crippen molar-refractivity contribution in [2.45, 2.75) is 18.3 Å². The van der Waals surface area contributed by atoms with E-state index in [1.165, 1.54) is 0 Å². The second-order valence-corrected chi connectivity index (χ2v) is 8.71. The van der Waals surface area contributed by atoms with Crippen molar-refractivity contribution < 1.29 is 39.9 Å². The zero-order valence-corrected chi connectivity index (χ0v) is 16.4. The van der Waals surface area contributed by atoms with Gasteiger partial charge in [0.15, 0.2) is 9.84 Å². The van der Waals surface area contributed by atoms with E-state index in [-0.39, 0.29) is 12.1 Å². The minimum absolute atomic E-state index is 0.298. The van der Waals surface area contributed by atoms with Gasteiger partial charge >= 0.3 is 5.97 Å². The molecule has 0 aliphatic rings. The molecular formula is C14H17ClF3NO6S2. The van der Waals surface area contributed by atoms with Crippen LogP contribution in [0.1, 0.15) is 23.2 Å². The SMILES string of the molecule is COC(=O)c1c(F)ccc(N(CCC(F)S(=O)(=O)CCCF)S(=O)O)c1Cl. The fraction of sp³-hybridized carbons (Fsp3) is 0.500. The lowest BCUT2D eigenvalue weighted by molar-refractivity contribution is 0.0595. The summed E-state index contributed by atoms with van der Waals surface area (Å²) in [5.74, 6) is -2.90. The normalized spacial score (nSPS) is 13.9. The zero-order valence-electron chi connectivity index (χ0n) is 14.0. The molecule has 1 aromatic rings. The Hall–Kier alpha value is -1.37. The van der Waals surface area contributed by atoms with Crippen LogP contribution >= 0.6 is 11.6 Å². The number of rotatable bonds is 10. The molecule has 2 atom stereocenters. The third-order valence-corrected chi connectivity index (χ3v) is 6.44. The third kappa shape index (κ3) is 6.06. The highest BCUT2D eigenvalue weighted by atomic mass is 35.5. The number of esters is 1. The maximum absolute atomic E-state index is 14.0. The maximum atomic E-state index is 14.0. The number of hydrogen-bond donors (Lipinski definition) is 1. The summed E-state index contributed by atoms with van der Waals surface area (Å²) < 4.78 is 89.2. The van der Waals surface area contributed by atoms with Crippen molar-refractivity contribution >= 4 is 44.4 Å². The van der Waals surface area contributed by atoms with Crippen LogP contribution in [-0.4, -0.2) is 54.7 Å². The molecule has 0 spiro atoms. The molecular weight excluding hydrogens is 435 g/mol. The monoisotopic (exact) mass is 451 g/mol. The Labute approximate surface area is 161 Å². The van der Waals surface area contributed by atoms with Gasteiger partial charge in [0, 0.05) is 13.0 Å². The van der Waals surface area contributed by atoms with Crippen LogP contribution in [0.5, 0.6) is 0 Å². The molecule has 0 amide bonds. The summed E-state index contributed by atoms with van der Waals surface area (Å²) in [6, 6.07) is 1.77. The molecule has 0 saturated heterocycles. The first-order valence-electron chi connectivity index (χ1n) is 7.43. The van der Waals surface area contributed by atoms with Crippen molar-refractivity contribution in [3.8, 4) is 0 Å². The predicted molar refractivity (Wildman–Crippen MR) is 94.8 cm³/mol. The Morgan fingerprint density at radius 3 is 2.59 bits per heavy atom. The van der Waals surface area contributed by atoms with Crippen molar-refractivity contribution in [3.05, 3.63) is 28.5 Å². The summed E-state index contributed by atoms with van der Waals surface area (Å²) in [5.41, 5.74) is -3.40. The van der Waals surface area contributed by atoms with Gasteiger partial charge in [-0.25, -0.2) is 26.2 Å². The summed E-state index contributed by atoms with van der Waals surface area (Å²) in [5, 5.41) is -0.556. The van der Waals surface area contributed by atoms with Crippen molar-refractivity contribution in [1.29, 1.82) is 0 Å². The van der Waals surface area contributed by atoms with Crippen molar-refractivity contribution in [3.63, 3.8) is 0 Å². The van der Waals surface area contributed by atoms with Crippen LogP contribution in [0.2, 0.25) is 5.02 Å². The standard InChI is InChI=1S/C14H17ClF3NO6S2/c1-25-14(20)12-9(17)3-4-10(13(12)15)19(26(21)22)7-5-11(18)27(23,24)8-2-6-16/h3-4,11H,2,5-8H2,1H3,(H,21,22). The number of alkyl halides is 2. The van der Waals surface area contributed by atoms with E-state index in [0.717, 1.165) is 19.2 Å². The molecule has 0 saturated carbocycles. The summed E-state index contributed by atoms with van der Waals surface area (Å²) in [4.78, 5) is 11.6. The molecule has 1 aromatic carbocycles. The molecule has 154 valence electrons. The van der Waals surface area contributed by atoms with Crippen LogP contribution in [0, 0.1) is 5.82 Å². The topological polar surface area (TPSA) is 101 Å². The van der Waals surface area contributed by atoms with E-state index in [9.17, 15) is 35.1 Å². The van der Waals surface area contributed by atoms with Gasteiger partial charge in [0.1, 0.15) is 11.4 Å². The third-order valence-electron chi connectivity index (χ3n) is 3.43. The molecule has 0 aliphatic carbocycles. The number of sulfone groups is 1. The van der Waals surface area contributed by atoms with E-state index < -0.39 is 74.4 Å². The van der Waals surface area contributed by atoms with Gasteiger partial charge in [-0.2, -0.15) is 0 Å². The van der Waals surface area contributed by atoms with E-state index in [1.807, 2.05) is 0 Å². The summed E-state index contributed by atoms with van der Waals surface area (Å²) >= 11 is 3.13. The van der Waals surface area contributed by atoms with E-state index in [1.54, 1.807) is 0 Å². The molecule has 7 nitrogen and oxygen atoms in total. The van der Waals surface area contributed by atoms with Gasteiger partial charge in [-0.1, -0.05) is 11.6 Å². The van der Waals surface area contributed by atoms with Gasteiger partial charge in [0.2, 0.25) is 5.50 Å². The van der Waals surface area contributed by atoms with E-state index in [0.29, 0.717) is 4.31 Å². The van der Waals surface area contributed by atoms with Gasteiger partial charge in [-0.15, -0.1) is 0 Å². The van der Waals surface area contributed by atoms with Crippen molar-refractivity contribution in [2.75, 3.05) is 30.4 Å². The molecule has 0 aromatic heterocycles. The number of anilines is 1. The quantitative estimate of drug-likeness (QED) is 0.433. The number of ether oxygens (including phenoxy) is 1. The highest BCUT2D eigenvalue weighted by Gasteiger charge is 2.28. The van der Waals surface area contributed by atoms with Crippen LogP contribution in [0.3, 0.4) is 0 Å². The van der Waals surface area contributed by atoms with Gasteiger partial charge in [0.05, 0.1) is 30.2 Å². The Bertz CT molecular complexity index is 808. The smallest absolute Gasteiger partial charge is 0.342 e.